The van der Waals surface area contributed by atoms with Crippen LogP contribution in [0.1, 0.15) is 36.9 Å². The largest absolute Gasteiger partial charge is 0.496 e. The van der Waals surface area contributed by atoms with Crippen molar-refractivity contribution in [3.8, 4) is 5.75 Å². The molecule has 0 atom stereocenters. The minimum Gasteiger partial charge on any atom is -0.496 e. The van der Waals surface area contributed by atoms with Gasteiger partial charge in [0, 0.05) is 43.5 Å². The van der Waals surface area contributed by atoms with Crippen LogP contribution in [0.4, 0.5) is 5.82 Å². The number of hydrogen-bond donors (Lipinski definition) is 0. The van der Waals surface area contributed by atoms with Crippen LogP contribution in [-0.4, -0.2) is 54.1 Å². The molecule has 1 saturated heterocycles. The molecule has 1 aliphatic carbocycles. The Kier molecular flexibility index (Phi) is 4.96. The van der Waals surface area contributed by atoms with E-state index in [2.05, 4.69) is 26.8 Å². The molecule has 6 heteroatoms. The fraction of sp³-hybridized carbons (Fsp3) is 0.500. The van der Waals surface area contributed by atoms with Crippen LogP contribution in [0, 0.1) is 6.92 Å². The molecule has 0 radical (unpaired) electrons. The van der Waals surface area contributed by atoms with Crippen molar-refractivity contribution in [2.75, 3.05) is 32.1 Å². The molecule has 1 amide bonds. The molecule has 2 aromatic rings. The van der Waals surface area contributed by atoms with Gasteiger partial charge in [0.05, 0.1) is 12.5 Å². The Hall–Kier alpha value is -2.63. The first-order chi connectivity index (χ1) is 13.5. The van der Waals surface area contributed by atoms with Crippen molar-refractivity contribution in [2.45, 2.75) is 44.1 Å². The van der Waals surface area contributed by atoms with Gasteiger partial charge < -0.3 is 14.5 Å². The fourth-order valence-electron chi connectivity index (χ4n) is 4.34. The van der Waals surface area contributed by atoms with Gasteiger partial charge in [-0.25, -0.2) is 9.97 Å². The summed E-state index contributed by atoms with van der Waals surface area (Å²) in [5, 5.41) is 0. The van der Waals surface area contributed by atoms with E-state index >= 15 is 0 Å². The standard InChI is InChI=1S/C22H28N4O2/c1-16-14-20(24-15-23-16)25(2)17-8-12-26(13-9-17)21(27)22(10-11-22)18-6-4-5-7-19(18)28-3/h4-7,14-15,17H,8-13H2,1-3H3. The summed E-state index contributed by atoms with van der Waals surface area (Å²) in [5.41, 5.74) is 1.63. The monoisotopic (exact) mass is 380 g/mol. The first-order valence-corrected chi connectivity index (χ1v) is 9.99. The lowest BCUT2D eigenvalue weighted by Crippen LogP contribution is -2.48. The van der Waals surface area contributed by atoms with Gasteiger partial charge in [0.1, 0.15) is 17.9 Å². The molecule has 0 bridgehead atoms. The van der Waals surface area contributed by atoms with Crippen molar-refractivity contribution >= 4 is 11.7 Å². The van der Waals surface area contributed by atoms with Gasteiger partial charge in [0.25, 0.3) is 0 Å². The molecule has 6 nitrogen and oxygen atoms in total. The van der Waals surface area contributed by atoms with Crippen LogP contribution < -0.4 is 9.64 Å². The second kappa shape index (κ2) is 7.41. The van der Waals surface area contributed by atoms with E-state index in [1.807, 2.05) is 37.3 Å². The maximum absolute atomic E-state index is 13.4. The molecule has 1 aliphatic heterocycles. The third-order valence-corrected chi connectivity index (χ3v) is 6.23. The van der Waals surface area contributed by atoms with Gasteiger partial charge in [0.15, 0.2) is 0 Å². The molecule has 2 fully saturated rings. The highest BCUT2D eigenvalue weighted by atomic mass is 16.5. The predicted molar refractivity (Wildman–Crippen MR) is 109 cm³/mol. The normalized spacial score (nSPS) is 18.6. The summed E-state index contributed by atoms with van der Waals surface area (Å²) in [7, 11) is 3.76. The number of hydrogen-bond acceptors (Lipinski definition) is 5. The number of rotatable bonds is 5. The van der Waals surface area contributed by atoms with Gasteiger partial charge in [-0.15, -0.1) is 0 Å². The topological polar surface area (TPSA) is 58.6 Å². The van der Waals surface area contributed by atoms with Crippen LogP contribution >= 0.6 is 0 Å². The summed E-state index contributed by atoms with van der Waals surface area (Å²) >= 11 is 0. The number of piperidine rings is 1. The Morgan fingerprint density at radius 2 is 1.93 bits per heavy atom. The summed E-state index contributed by atoms with van der Waals surface area (Å²) in [5.74, 6) is 2.03. The third-order valence-electron chi connectivity index (χ3n) is 6.23. The van der Waals surface area contributed by atoms with Gasteiger partial charge in [-0.05, 0) is 38.7 Å². The zero-order valence-electron chi connectivity index (χ0n) is 16.9. The van der Waals surface area contributed by atoms with Gasteiger partial charge in [-0.1, -0.05) is 18.2 Å². The van der Waals surface area contributed by atoms with Gasteiger partial charge in [-0.2, -0.15) is 0 Å². The van der Waals surface area contributed by atoms with E-state index in [1.54, 1.807) is 13.4 Å². The highest BCUT2D eigenvalue weighted by Gasteiger charge is 2.54. The van der Waals surface area contributed by atoms with E-state index in [-0.39, 0.29) is 11.3 Å². The number of para-hydroxylation sites is 1. The zero-order chi connectivity index (χ0) is 19.7. The van der Waals surface area contributed by atoms with Crippen LogP contribution in [-0.2, 0) is 10.2 Å². The number of likely N-dealkylation sites (tertiary alicyclic amines) is 1. The lowest BCUT2D eigenvalue weighted by atomic mass is 9.92. The smallest absolute Gasteiger partial charge is 0.233 e. The molecule has 0 spiro atoms. The Labute approximate surface area is 166 Å². The minimum absolute atomic E-state index is 0.260. The van der Waals surface area contributed by atoms with E-state index in [0.29, 0.717) is 6.04 Å². The molecule has 1 aromatic heterocycles. The Balaban J connectivity index is 1.43. The van der Waals surface area contributed by atoms with Gasteiger partial charge in [-0.3, -0.25) is 4.79 Å². The second-order valence-corrected chi connectivity index (χ2v) is 7.93. The average molecular weight is 380 g/mol. The molecule has 0 unspecified atom stereocenters. The number of carbonyl (C=O) groups excluding carboxylic acids is 1. The lowest BCUT2D eigenvalue weighted by Gasteiger charge is -2.38. The van der Waals surface area contributed by atoms with Crippen LogP contribution in [0.3, 0.4) is 0 Å². The molecule has 4 rings (SSSR count). The van der Waals surface area contributed by atoms with E-state index in [4.69, 9.17) is 4.74 Å². The Bertz CT molecular complexity index is 857. The summed E-state index contributed by atoms with van der Waals surface area (Å²) in [6, 6.07) is 10.3. The Morgan fingerprint density at radius 1 is 1.21 bits per heavy atom. The number of methoxy groups -OCH3 is 1. The molecule has 28 heavy (non-hydrogen) atoms. The minimum atomic E-state index is -0.380. The maximum Gasteiger partial charge on any atom is 0.233 e. The van der Waals surface area contributed by atoms with E-state index in [9.17, 15) is 4.79 Å². The molecule has 2 aliphatic rings. The second-order valence-electron chi connectivity index (χ2n) is 7.93. The molecule has 1 aromatic carbocycles. The van der Waals surface area contributed by atoms with Crippen molar-refractivity contribution in [1.82, 2.24) is 14.9 Å². The van der Waals surface area contributed by atoms with Gasteiger partial charge >= 0.3 is 0 Å². The Morgan fingerprint density at radius 3 is 2.57 bits per heavy atom. The summed E-state index contributed by atoms with van der Waals surface area (Å²) in [6.45, 7) is 3.55. The fourth-order valence-corrected chi connectivity index (χ4v) is 4.34. The number of aromatic nitrogens is 2. The van der Waals surface area contributed by atoms with E-state index < -0.39 is 0 Å². The predicted octanol–water partition coefficient (Wildman–Crippen LogP) is 2.95. The molecular formula is C22H28N4O2. The third kappa shape index (κ3) is 3.32. The summed E-state index contributed by atoms with van der Waals surface area (Å²) in [6.07, 6.45) is 5.34. The number of aryl methyl sites for hydroxylation is 1. The van der Waals surface area contributed by atoms with Crippen molar-refractivity contribution < 1.29 is 9.53 Å². The quantitative estimate of drug-likeness (QED) is 0.798. The number of nitrogens with zero attached hydrogens (tertiary/aromatic N) is 4. The van der Waals surface area contributed by atoms with Crippen molar-refractivity contribution in [2.24, 2.45) is 0 Å². The van der Waals surface area contributed by atoms with Crippen molar-refractivity contribution in [3.05, 3.63) is 47.9 Å². The van der Waals surface area contributed by atoms with Crippen LogP contribution in [0.15, 0.2) is 36.7 Å². The highest BCUT2D eigenvalue weighted by molar-refractivity contribution is 5.92. The highest BCUT2D eigenvalue weighted by Crippen LogP contribution is 2.52. The van der Waals surface area contributed by atoms with Crippen LogP contribution in [0.2, 0.25) is 0 Å². The number of amides is 1. The molecule has 148 valence electrons. The summed E-state index contributed by atoms with van der Waals surface area (Å²) in [4.78, 5) is 26.2. The molecular weight excluding hydrogens is 352 g/mol. The van der Waals surface area contributed by atoms with Crippen LogP contribution in [0.25, 0.3) is 0 Å². The molecule has 0 N–H and O–H groups in total. The molecule has 1 saturated carbocycles. The summed E-state index contributed by atoms with van der Waals surface area (Å²) < 4.78 is 5.53. The first kappa shape index (κ1) is 18.7. The van der Waals surface area contributed by atoms with E-state index in [1.165, 1.54) is 0 Å². The van der Waals surface area contributed by atoms with Gasteiger partial charge in [0.2, 0.25) is 5.91 Å². The maximum atomic E-state index is 13.4. The van der Waals surface area contributed by atoms with Crippen LogP contribution in [0.5, 0.6) is 5.75 Å². The van der Waals surface area contributed by atoms with Crippen molar-refractivity contribution in [3.63, 3.8) is 0 Å². The van der Waals surface area contributed by atoms with E-state index in [0.717, 1.165) is 61.6 Å². The number of ether oxygens (including phenoxy) is 1. The average Bonchev–Trinajstić information content (AvgIpc) is 3.54. The number of benzene rings is 1. The number of carbonyl (C=O) groups is 1. The number of anilines is 1. The lowest BCUT2D eigenvalue weighted by molar-refractivity contribution is -0.135. The van der Waals surface area contributed by atoms with Crippen molar-refractivity contribution in [1.29, 1.82) is 0 Å². The SMILES string of the molecule is COc1ccccc1C1(C(=O)N2CCC(N(C)c3cc(C)ncn3)CC2)CC1. The molecule has 2 heterocycles. The zero-order valence-corrected chi connectivity index (χ0v) is 16.9. The first-order valence-electron chi connectivity index (χ1n) is 9.99.